The third-order valence-electron chi connectivity index (χ3n) is 4.71. The molecule has 2 heterocycles. The van der Waals surface area contributed by atoms with Crippen molar-refractivity contribution < 1.29 is 28.8 Å². The number of hydrogen-bond acceptors (Lipinski definition) is 6. The summed E-state index contributed by atoms with van der Waals surface area (Å²) in [5.74, 6) is -3.50. The third kappa shape index (κ3) is 3.51. The zero-order valence-electron chi connectivity index (χ0n) is 14.9. The minimum absolute atomic E-state index is 0.0267. The molecule has 0 amide bonds. The normalized spacial score (nSPS) is 25.2. The van der Waals surface area contributed by atoms with Gasteiger partial charge in [0.1, 0.15) is 18.3 Å². The molecule has 1 aliphatic rings. The lowest BCUT2D eigenvalue weighted by Crippen LogP contribution is -2.46. The first-order valence-corrected chi connectivity index (χ1v) is 8.55. The Morgan fingerprint density at radius 1 is 1.14 bits per heavy atom. The standard InChI is InChI=1S/C18H20F2N2O6/c1-10-7-21(16-14(25)13(24)12(8-23)28-16)17(27)22(15(10)26)9-18(19,20)11-5-3-2-4-6-11/h2-7,12-14,16,23-25H,8-9H2,1H3/t12-,13+,14+,16-/m1/s1. The number of aliphatic hydroxyl groups is 3. The van der Waals surface area contributed by atoms with Crippen molar-refractivity contribution in [2.45, 2.75) is 43.9 Å². The maximum absolute atomic E-state index is 14.6. The largest absolute Gasteiger partial charge is 0.394 e. The second-order valence-corrected chi connectivity index (χ2v) is 6.69. The lowest BCUT2D eigenvalue weighted by atomic mass is 10.1. The van der Waals surface area contributed by atoms with Crippen LogP contribution in [0.2, 0.25) is 0 Å². The number of hydrogen-bond donors (Lipinski definition) is 3. The van der Waals surface area contributed by atoms with Crippen molar-refractivity contribution in [3.8, 4) is 0 Å². The maximum Gasteiger partial charge on any atom is 0.333 e. The molecule has 10 heteroatoms. The van der Waals surface area contributed by atoms with E-state index in [4.69, 9.17) is 4.74 Å². The molecule has 152 valence electrons. The highest BCUT2D eigenvalue weighted by Crippen LogP contribution is 2.30. The Morgan fingerprint density at radius 2 is 1.79 bits per heavy atom. The topological polar surface area (TPSA) is 114 Å². The van der Waals surface area contributed by atoms with E-state index in [9.17, 15) is 33.7 Å². The van der Waals surface area contributed by atoms with Crippen LogP contribution in [0.3, 0.4) is 0 Å². The van der Waals surface area contributed by atoms with E-state index in [1.807, 2.05) is 0 Å². The number of ether oxygens (including phenoxy) is 1. The molecule has 1 fully saturated rings. The fraction of sp³-hybridized carbons (Fsp3) is 0.444. The van der Waals surface area contributed by atoms with E-state index in [1.165, 1.54) is 31.2 Å². The van der Waals surface area contributed by atoms with E-state index in [1.54, 1.807) is 6.07 Å². The zero-order valence-corrected chi connectivity index (χ0v) is 14.9. The number of alkyl halides is 2. The maximum atomic E-state index is 14.6. The average Bonchev–Trinajstić information content (AvgIpc) is 2.97. The molecule has 0 aliphatic carbocycles. The summed E-state index contributed by atoms with van der Waals surface area (Å²) in [6.07, 6.45) is -4.58. The van der Waals surface area contributed by atoms with Crippen LogP contribution < -0.4 is 11.2 Å². The molecule has 3 rings (SSSR count). The fourth-order valence-electron chi connectivity index (χ4n) is 3.16. The minimum atomic E-state index is -3.50. The Labute approximate surface area is 157 Å². The van der Waals surface area contributed by atoms with Crippen molar-refractivity contribution in [1.82, 2.24) is 9.13 Å². The van der Waals surface area contributed by atoms with Gasteiger partial charge < -0.3 is 20.1 Å². The summed E-state index contributed by atoms with van der Waals surface area (Å²) in [5.41, 5.74) is -2.41. The van der Waals surface area contributed by atoms with Gasteiger partial charge in [-0.2, -0.15) is 8.78 Å². The Bertz CT molecular complexity index is 959. The summed E-state index contributed by atoms with van der Waals surface area (Å²) in [6.45, 7) is -0.490. The van der Waals surface area contributed by atoms with Crippen LogP contribution in [0.1, 0.15) is 17.4 Å². The van der Waals surface area contributed by atoms with Crippen LogP contribution in [0, 0.1) is 6.92 Å². The molecule has 1 saturated heterocycles. The number of aromatic nitrogens is 2. The summed E-state index contributed by atoms with van der Waals surface area (Å²) in [6, 6.07) is 6.77. The fourth-order valence-corrected chi connectivity index (χ4v) is 3.16. The third-order valence-corrected chi connectivity index (χ3v) is 4.71. The lowest BCUT2D eigenvalue weighted by Gasteiger charge is -2.22. The Balaban J connectivity index is 2.04. The number of halogens is 2. The minimum Gasteiger partial charge on any atom is -0.394 e. The van der Waals surface area contributed by atoms with Crippen molar-refractivity contribution in [1.29, 1.82) is 0 Å². The van der Waals surface area contributed by atoms with Crippen molar-refractivity contribution in [3.05, 3.63) is 68.5 Å². The molecule has 28 heavy (non-hydrogen) atoms. The van der Waals surface area contributed by atoms with Gasteiger partial charge in [-0.1, -0.05) is 30.3 Å². The lowest BCUT2D eigenvalue weighted by molar-refractivity contribution is -0.0578. The molecule has 0 radical (unpaired) electrons. The van der Waals surface area contributed by atoms with E-state index < -0.39 is 54.9 Å². The van der Waals surface area contributed by atoms with Crippen LogP contribution in [0.5, 0.6) is 0 Å². The number of aryl methyl sites for hydroxylation is 1. The van der Waals surface area contributed by atoms with E-state index in [-0.39, 0.29) is 11.1 Å². The number of benzene rings is 1. The monoisotopic (exact) mass is 398 g/mol. The van der Waals surface area contributed by atoms with Gasteiger partial charge in [0.25, 0.3) is 11.5 Å². The highest BCUT2D eigenvalue weighted by Gasteiger charge is 2.44. The van der Waals surface area contributed by atoms with Crippen molar-refractivity contribution in [2.75, 3.05) is 6.61 Å². The molecule has 1 aliphatic heterocycles. The molecule has 8 nitrogen and oxygen atoms in total. The molecular formula is C18H20F2N2O6. The van der Waals surface area contributed by atoms with Gasteiger partial charge in [-0.25, -0.2) is 4.79 Å². The molecule has 4 atom stereocenters. The van der Waals surface area contributed by atoms with Crippen LogP contribution in [0.25, 0.3) is 0 Å². The van der Waals surface area contributed by atoms with Crippen molar-refractivity contribution >= 4 is 0 Å². The summed E-state index contributed by atoms with van der Waals surface area (Å²) in [7, 11) is 0. The van der Waals surface area contributed by atoms with Crippen LogP contribution in [0.15, 0.2) is 46.1 Å². The molecule has 2 aromatic rings. The van der Waals surface area contributed by atoms with Crippen LogP contribution >= 0.6 is 0 Å². The van der Waals surface area contributed by atoms with E-state index in [0.717, 1.165) is 10.8 Å². The van der Waals surface area contributed by atoms with E-state index in [2.05, 4.69) is 0 Å². The highest BCUT2D eigenvalue weighted by molar-refractivity contribution is 5.20. The van der Waals surface area contributed by atoms with Gasteiger partial charge in [-0.3, -0.25) is 13.9 Å². The average molecular weight is 398 g/mol. The molecule has 0 saturated carbocycles. The Hall–Kier alpha value is -2.40. The molecular weight excluding hydrogens is 378 g/mol. The van der Waals surface area contributed by atoms with Crippen molar-refractivity contribution in [3.63, 3.8) is 0 Å². The first-order valence-electron chi connectivity index (χ1n) is 8.55. The van der Waals surface area contributed by atoms with Crippen LogP contribution in [-0.4, -0.2) is 49.4 Å². The van der Waals surface area contributed by atoms with Gasteiger partial charge in [0, 0.05) is 17.3 Å². The second-order valence-electron chi connectivity index (χ2n) is 6.69. The molecule has 1 aromatic heterocycles. The second kappa shape index (κ2) is 7.55. The number of aliphatic hydroxyl groups excluding tert-OH is 3. The van der Waals surface area contributed by atoms with Gasteiger partial charge >= 0.3 is 5.69 Å². The van der Waals surface area contributed by atoms with Gasteiger partial charge in [-0.15, -0.1) is 0 Å². The van der Waals surface area contributed by atoms with Crippen LogP contribution in [0.4, 0.5) is 8.78 Å². The van der Waals surface area contributed by atoms with Gasteiger partial charge in [0.2, 0.25) is 0 Å². The first kappa shape index (κ1) is 20.3. The molecule has 3 N–H and O–H groups in total. The summed E-state index contributed by atoms with van der Waals surface area (Å²) < 4.78 is 35.7. The predicted octanol–water partition coefficient (Wildman–Crippen LogP) is -0.278. The predicted molar refractivity (Wildman–Crippen MR) is 93.0 cm³/mol. The van der Waals surface area contributed by atoms with Crippen LogP contribution in [-0.2, 0) is 17.2 Å². The highest BCUT2D eigenvalue weighted by atomic mass is 19.3. The summed E-state index contributed by atoms with van der Waals surface area (Å²) >= 11 is 0. The van der Waals surface area contributed by atoms with Gasteiger partial charge in [0.15, 0.2) is 6.23 Å². The Morgan fingerprint density at radius 3 is 2.36 bits per heavy atom. The molecule has 1 aromatic carbocycles. The molecule has 0 unspecified atom stereocenters. The Kier molecular flexibility index (Phi) is 5.48. The van der Waals surface area contributed by atoms with Gasteiger partial charge in [-0.05, 0) is 6.92 Å². The molecule has 0 bridgehead atoms. The molecule has 0 spiro atoms. The smallest absolute Gasteiger partial charge is 0.333 e. The quantitative estimate of drug-likeness (QED) is 0.639. The van der Waals surface area contributed by atoms with E-state index in [0.29, 0.717) is 4.57 Å². The first-order chi connectivity index (χ1) is 13.2. The number of nitrogens with zero attached hydrogens (tertiary/aromatic N) is 2. The van der Waals surface area contributed by atoms with E-state index >= 15 is 0 Å². The van der Waals surface area contributed by atoms with Gasteiger partial charge in [0.05, 0.1) is 13.2 Å². The SMILES string of the molecule is Cc1cn([C@@H]2O[C@H](CO)[C@H](O)[C@@H]2O)c(=O)n(CC(F)(F)c2ccccc2)c1=O. The number of rotatable bonds is 5. The zero-order chi connectivity index (χ0) is 20.6. The van der Waals surface area contributed by atoms with Crippen molar-refractivity contribution in [2.24, 2.45) is 0 Å². The summed E-state index contributed by atoms with van der Waals surface area (Å²) in [5, 5.41) is 29.2. The summed E-state index contributed by atoms with van der Waals surface area (Å²) in [4.78, 5) is 25.1.